The molecule has 2 aromatic carbocycles. The minimum atomic E-state index is -0.316. The molecular weight excluding hydrogens is 452 g/mol. The molecule has 0 aliphatic carbocycles. The number of ether oxygens (including phenoxy) is 1. The number of amides is 2. The second-order valence-corrected chi connectivity index (χ2v) is 9.40. The van der Waals surface area contributed by atoms with Crippen molar-refractivity contribution in [2.75, 3.05) is 17.7 Å². The molecule has 0 bridgehead atoms. The highest BCUT2D eigenvalue weighted by atomic mass is 35.5. The van der Waals surface area contributed by atoms with Crippen molar-refractivity contribution in [3.05, 3.63) is 69.4 Å². The minimum absolute atomic E-state index is 0.124. The van der Waals surface area contributed by atoms with Gasteiger partial charge in [-0.1, -0.05) is 30.7 Å². The third-order valence-corrected chi connectivity index (χ3v) is 7.15. The molecule has 31 heavy (non-hydrogen) atoms. The smallest absolute Gasteiger partial charge is 0.265 e. The first kappa shape index (κ1) is 23.2. The Morgan fingerprint density at radius 2 is 1.97 bits per heavy atom. The van der Waals surface area contributed by atoms with Crippen LogP contribution in [0.3, 0.4) is 0 Å². The predicted molar refractivity (Wildman–Crippen MR) is 130 cm³/mol. The maximum absolute atomic E-state index is 12.9. The number of hydrogen-bond acceptors (Lipinski definition) is 5. The molecule has 0 aliphatic heterocycles. The van der Waals surface area contributed by atoms with E-state index in [0.29, 0.717) is 33.4 Å². The molecule has 1 unspecified atom stereocenters. The van der Waals surface area contributed by atoms with Gasteiger partial charge in [0, 0.05) is 21.7 Å². The second-order valence-electron chi connectivity index (χ2n) is 6.76. The fraction of sp³-hybridized carbons (Fsp3) is 0.217. The highest BCUT2D eigenvalue weighted by molar-refractivity contribution is 8.00. The van der Waals surface area contributed by atoms with Gasteiger partial charge in [0.1, 0.15) is 5.75 Å². The maximum atomic E-state index is 12.9. The van der Waals surface area contributed by atoms with Crippen LogP contribution < -0.4 is 15.4 Å². The first-order chi connectivity index (χ1) is 14.9. The predicted octanol–water partition coefficient (Wildman–Crippen LogP) is 6.48. The van der Waals surface area contributed by atoms with Crippen LogP contribution >= 0.6 is 34.7 Å². The van der Waals surface area contributed by atoms with Crippen LogP contribution in [0.4, 0.5) is 11.4 Å². The highest BCUT2D eigenvalue weighted by Crippen LogP contribution is 2.33. The molecule has 2 N–H and O–H groups in total. The summed E-state index contributed by atoms with van der Waals surface area (Å²) in [5.74, 6) is 0.245. The summed E-state index contributed by atoms with van der Waals surface area (Å²) in [5, 5.41) is 7.98. The number of halogens is 1. The second kappa shape index (κ2) is 10.7. The van der Waals surface area contributed by atoms with Crippen molar-refractivity contribution in [3.63, 3.8) is 0 Å². The van der Waals surface area contributed by atoms with Gasteiger partial charge in [-0.05, 0) is 54.6 Å². The van der Waals surface area contributed by atoms with Crippen molar-refractivity contribution < 1.29 is 14.3 Å². The number of rotatable bonds is 8. The normalized spacial score (nSPS) is 11.6. The number of benzene rings is 2. The number of aryl methyl sites for hydroxylation is 1. The van der Waals surface area contributed by atoms with E-state index in [1.54, 1.807) is 25.3 Å². The summed E-state index contributed by atoms with van der Waals surface area (Å²) < 4.78 is 5.35. The molecule has 0 spiro atoms. The maximum Gasteiger partial charge on any atom is 0.265 e. The molecule has 1 aromatic heterocycles. The van der Waals surface area contributed by atoms with Crippen molar-refractivity contribution in [3.8, 4) is 5.75 Å². The van der Waals surface area contributed by atoms with Crippen molar-refractivity contribution in [2.24, 2.45) is 0 Å². The van der Waals surface area contributed by atoms with Crippen molar-refractivity contribution in [1.82, 2.24) is 0 Å². The van der Waals surface area contributed by atoms with E-state index in [2.05, 4.69) is 10.6 Å². The Kier molecular flexibility index (Phi) is 8.01. The van der Waals surface area contributed by atoms with E-state index in [0.717, 1.165) is 10.5 Å². The molecule has 5 nitrogen and oxygen atoms in total. The molecule has 3 aromatic rings. The summed E-state index contributed by atoms with van der Waals surface area (Å²) in [6, 6.07) is 14.6. The van der Waals surface area contributed by atoms with E-state index in [1.807, 2.05) is 49.6 Å². The summed E-state index contributed by atoms with van der Waals surface area (Å²) in [7, 11) is 1.54. The van der Waals surface area contributed by atoms with E-state index in [4.69, 9.17) is 16.3 Å². The molecule has 8 heteroatoms. The lowest BCUT2D eigenvalue weighted by molar-refractivity contribution is -0.115. The molecule has 0 saturated carbocycles. The fourth-order valence-electron chi connectivity index (χ4n) is 2.88. The number of hydrogen-bond donors (Lipinski definition) is 2. The van der Waals surface area contributed by atoms with Crippen molar-refractivity contribution in [1.29, 1.82) is 0 Å². The molecule has 162 valence electrons. The van der Waals surface area contributed by atoms with Gasteiger partial charge in [0.25, 0.3) is 5.91 Å². The monoisotopic (exact) mass is 474 g/mol. The van der Waals surface area contributed by atoms with Gasteiger partial charge in [-0.15, -0.1) is 23.1 Å². The zero-order valence-electron chi connectivity index (χ0n) is 17.4. The summed E-state index contributed by atoms with van der Waals surface area (Å²) >= 11 is 8.99. The standard InChI is InChI=1S/C23H23ClN2O3S2/c1-4-20(22(27)26-18-11-14(2)17(24)13-19(18)29-3)31-16-8-5-7-15(12-16)25-23(28)21-9-6-10-30-21/h5-13,20H,4H2,1-3H3,(H,25,28)(H,26,27). The van der Waals surface area contributed by atoms with E-state index in [9.17, 15) is 9.59 Å². The Morgan fingerprint density at radius 1 is 1.16 bits per heavy atom. The van der Waals surface area contributed by atoms with E-state index in [1.165, 1.54) is 23.1 Å². The molecule has 1 heterocycles. The first-order valence-corrected chi connectivity index (χ1v) is 11.8. The number of thioether (sulfide) groups is 1. The third kappa shape index (κ3) is 6.03. The van der Waals surface area contributed by atoms with Crippen LogP contribution in [0, 0.1) is 6.92 Å². The Hall–Kier alpha value is -2.48. The van der Waals surface area contributed by atoms with E-state index >= 15 is 0 Å². The van der Waals surface area contributed by atoms with E-state index < -0.39 is 0 Å². The lowest BCUT2D eigenvalue weighted by atomic mass is 10.2. The van der Waals surface area contributed by atoms with Gasteiger partial charge in [-0.2, -0.15) is 0 Å². The average molecular weight is 475 g/mol. The molecule has 3 rings (SSSR count). The van der Waals surface area contributed by atoms with Gasteiger partial charge >= 0.3 is 0 Å². The van der Waals surface area contributed by atoms with Crippen LogP contribution in [0.15, 0.2) is 58.8 Å². The summed E-state index contributed by atoms with van der Waals surface area (Å²) in [6.45, 7) is 3.84. The third-order valence-electron chi connectivity index (χ3n) is 4.52. The van der Waals surface area contributed by atoms with Gasteiger partial charge in [0.05, 0.1) is 22.9 Å². The lowest BCUT2D eigenvalue weighted by Gasteiger charge is -2.17. The molecular formula is C23H23ClN2O3S2. The van der Waals surface area contributed by atoms with Gasteiger partial charge in [-0.25, -0.2) is 0 Å². The van der Waals surface area contributed by atoms with Crippen LogP contribution in [-0.2, 0) is 4.79 Å². The van der Waals surface area contributed by atoms with Crippen LogP contribution in [0.2, 0.25) is 5.02 Å². The van der Waals surface area contributed by atoms with Crippen LogP contribution in [0.25, 0.3) is 0 Å². The topological polar surface area (TPSA) is 67.4 Å². The van der Waals surface area contributed by atoms with E-state index in [-0.39, 0.29) is 17.1 Å². The lowest BCUT2D eigenvalue weighted by Crippen LogP contribution is -2.24. The largest absolute Gasteiger partial charge is 0.495 e. The highest BCUT2D eigenvalue weighted by Gasteiger charge is 2.20. The van der Waals surface area contributed by atoms with Crippen molar-refractivity contribution in [2.45, 2.75) is 30.4 Å². The SMILES string of the molecule is CCC(Sc1cccc(NC(=O)c2cccs2)c1)C(=O)Nc1cc(C)c(Cl)cc1OC. The summed E-state index contributed by atoms with van der Waals surface area (Å²) in [6.07, 6.45) is 0.636. The van der Waals surface area contributed by atoms with Crippen LogP contribution in [-0.4, -0.2) is 24.2 Å². The van der Waals surface area contributed by atoms with Crippen LogP contribution in [0.1, 0.15) is 28.6 Å². The number of carbonyl (C=O) groups is 2. The molecule has 0 fully saturated rings. The Balaban J connectivity index is 1.70. The molecule has 2 amide bonds. The van der Waals surface area contributed by atoms with Crippen LogP contribution in [0.5, 0.6) is 5.75 Å². The Bertz CT molecular complexity index is 1070. The average Bonchev–Trinajstić information content (AvgIpc) is 3.29. The quantitative estimate of drug-likeness (QED) is 0.366. The van der Waals surface area contributed by atoms with Gasteiger partial charge in [0.2, 0.25) is 5.91 Å². The number of methoxy groups -OCH3 is 1. The zero-order valence-corrected chi connectivity index (χ0v) is 19.8. The summed E-state index contributed by atoms with van der Waals surface area (Å²) in [5.41, 5.74) is 2.13. The zero-order chi connectivity index (χ0) is 22.4. The number of thiophene rings is 1. The van der Waals surface area contributed by atoms with Gasteiger partial charge in [0.15, 0.2) is 0 Å². The Morgan fingerprint density at radius 3 is 2.65 bits per heavy atom. The number of nitrogens with one attached hydrogen (secondary N) is 2. The van der Waals surface area contributed by atoms with Gasteiger partial charge < -0.3 is 15.4 Å². The van der Waals surface area contributed by atoms with Gasteiger partial charge in [-0.3, -0.25) is 9.59 Å². The summed E-state index contributed by atoms with van der Waals surface area (Å²) in [4.78, 5) is 26.8. The number of anilines is 2. The molecule has 0 radical (unpaired) electrons. The first-order valence-electron chi connectivity index (χ1n) is 9.67. The molecule has 0 saturated heterocycles. The van der Waals surface area contributed by atoms with Crippen molar-refractivity contribution >= 4 is 57.9 Å². The number of carbonyl (C=O) groups excluding carboxylic acids is 2. The fourth-order valence-corrected chi connectivity index (χ4v) is 4.66. The molecule has 0 aliphatic rings. The molecule has 1 atom stereocenters. The Labute approximate surface area is 195 Å². The minimum Gasteiger partial charge on any atom is -0.495 e.